The van der Waals surface area contributed by atoms with Crippen molar-refractivity contribution >= 4 is 11.8 Å². The molecule has 5 nitrogen and oxygen atoms in total. The number of benzene rings is 1. The number of carbonyl (C=O) groups is 2. The molecule has 0 unspecified atom stereocenters. The molecule has 1 atom stereocenters. The molecule has 1 heterocycles. The first-order valence-corrected chi connectivity index (χ1v) is 7.64. The van der Waals surface area contributed by atoms with E-state index in [2.05, 4.69) is 4.74 Å². The fraction of sp³-hybridized carbons (Fsp3) is 0.500. The summed E-state index contributed by atoms with van der Waals surface area (Å²) in [6.07, 6.45) is -3.97. The highest BCUT2D eigenvalue weighted by Crippen LogP contribution is 2.24. The van der Waals surface area contributed by atoms with Crippen molar-refractivity contribution in [3.63, 3.8) is 0 Å². The minimum atomic E-state index is -4.74. The van der Waals surface area contributed by atoms with Crippen LogP contribution in [0.2, 0.25) is 0 Å². The number of hydrogen-bond acceptors (Lipinski definition) is 3. The van der Waals surface area contributed by atoms with Crippen LogP contribution >= 0.6 is 0 Å². The van der Waals surface area contributed by atoms with Crippen LogP contribution in [0.25, 0.3) is 0 Å². The van der Waals surface area contributed by atoms with E-state index in [4.69, 9.17) is 0 Å². The molecule has 0 radical (unpaired) electrons. The van der Waals surface area contributed by atoms with Gasteiger partial charge in [0.05, 0.1) is 6.54 Å². The van der Waals surface area contributed by atoms with Crippen LogP contribution in [-0.4, -0.2) is 47.1 Å². The molecule has 8 heteroatoms. The first kappa shape index (κ1) is 18.1. The number of amides is 2. The summed E-state index contributed by atoms with van der Waals surface area (Å²) >= 11 is 0. The van der Waals surface area contributed by atoms with Gasteiger partial charge in [0.25, 0.3) is 0 Å². The molecule has 1 aromatic rings. The van der Waals surface area contributed by atoms with E-state index >= 15 is 0 Å². The Morgan fingerprint density at radius 2 is 1.83 bits per heavy atom. The smallest absolute Gasteiger partial charge is 0.406 e. The average Bonchev–Trinajstić information content (AvgIpc) is 2.49. The quantitative estimate of drug-likeness (QED) is 0.825. The van der Waals surface area contributed by atoms with Crippen LogP contribution in [0.5, 0.6) is 5.75 Å². The molecule has 0 bridgehead atoms. The highest BCUT2D eigenvalue weighted by atomic mass is 19.4. The SMILES string of the molecule is CCCN1CC(=O)N(Cc2ccc(OC(F)(F)F)cc2)[C@@H](C)C1=O. The second-order valence-electron chi connectivity index (χ2n) is 5.65. The van der Waals surface area contributed by atoms with E-state index in [0.717, 1.165) is 6.42 Å². The predicted octanol–water partition coefficient (Wildman–Crippen LogP) is 2.55. The van der Waals surface area contributed by atoms with Gasteiger partial charge in [-0.25, -0.2) is 0 Å². The summed E-state index contributed by atoms with van der Waals surface area (Å²) in [5, 5.41) is 0. The van der Waals surface area contributed by atoms with Gasteiger partial charge >= 0.3 is 6.36 Å². The van der Waals surface area contributed by atoms with Crippen molar-refractivity contribution in [1.29, 1.82) is 0 Å². The topological polar surface area (TPSA) is 49.9 Å². The number of nitrogens with zero attached hydrogens (tertiary/aromatic N) is 2. The maximum atomic E-state index is 12.3. The van der Waals surface area contributed by atoms with Crippen LogP contribution in [-0.2, 0) is 16.1 Å². The second kappa shape index (κ2) is 7.11. The van der Waals surface area contributed by atoms with Gasteiger partial charge in [-0.05, 0) is 31.0 Å². The summed E-state index contributed by atoms with van der Waals surface area (Å²) in [5.74, 6) is -0.617. The van der Waals surface area contributed by atoms with Crippen molar-refractivity contribution in [2.75, 3.05) is 13.1 Å². The monoisotopic (exact) mass is 344 g/mol. The van der Waals surface area contributed by atoms with Gasteiger partial charge in [0.2, 0.25) is 11.8 Å². The van der Waals surface area contributed by atoms with Crippen molar-refractivity contribution in [1.82, 2.24) is 9.80 Å². The Bertz CT molecular complexity index is 602. The van der Waals surface area contributed by atoms with E-state index in [0.29, 0.717) is 12.1 Å². The molecule has 0 spiro atoms. The molecule has 0 aromatic heterocycles. The van der Waals surface area contributed by atoms with E-state index in [-0.39, 0.29) is 30.7 Å². The predicted molar refractivity (Wildman–Crippen MR) is 80.0 cm³/mol. The largest absolute Gasteiger partial charge is 0.573 e. The fourth-order valence-electron chi connectivity index (χ4n) is 2.62. The number of piperazine rings is 1. The van der Waals surface area contributed by atoms with Crippen molar-refractivity contribution in [3.05, 3.63) is 29.8 Å². The lowest BCUT2D eigenvalue weighted by atomic mass is 10.1. The maximum Gasteiger partial charge on any atom is 0.573 e. The molecule has 2 amide bonds. The van der Waals surface area contributed by atoms with E-state index in [1.165, 1.54) is 34.1 Å². The minimum absolute atomic E-state index is 0.0340. The Morgan fingerprint density at radius 1 is 1.21 bits per heavy atom. The first-order chi connectivity index (χ1) is 11.2. The average molecular weight is 344 g/mol. The second-order valence-corrected chi connectivity index (χ2v) is 5.65. The van der Waals surface area contributed by atoms with Crippen LogP contribution in [0.1, 0.15) is 25.8 Å². The molecule has 132 valence electrons. The Balaban J connectivity index is 2.05. The molecule has 1 fully saturated rings. The Kier molecular flexibility index (Phi) is 5.36. The third-order valence-corrected chi connectivity index (χ3v) is 3.79. The molecule has 0 N–H and O–H groups in total. The van der Waals surface area contributed by atoms with E-state index < -0.39 is 12.4 Å². The van der Waals surface area contributed by atoms with Gasteiger partial charge in [-0.3, -0.25) is 9.59 Å². The third kappa shape index (κ3) is 4.39. The molecule has 1 aromatic carbocycles. The number of halogens is 3. The van der Waals surface area contributed by atoms with Crippen LogP contribution in [0.4, 0.5) is 13.2 Å². The Labute approximate surface area is 138 Å². The summed E-state index contributed by atoms with van der Waals surface area (Å²) < 4.78 is 40.2. The maximum absolute atomic E-state index is 12.3. The summed E-state index contributed by atoms with van der Waals surface area (Å²) in [7, 11) is 0. The molecule has 2 rings (SSSR count). The standard InChI is InChI=1S/C16H19F3N2O3/c1-3-8-20-10-14(22)21(11(2)15(20)23)9-12-4-6-13(7-5-12)24-16(17,18)19/h4-7,11H,3,8-10H2,1-2H3/t11-/m0/s1. The van der Waals surface area contributed by atoms with Gasteiger partial charge in [-0.2, -0.15) is 0 Å². The van der Waals surface area contributed by atoms with E-state index in [9.17, 15) is 22.8 Å². The van der Waals surface area contributed by atoms with Crippen LogP contribution in [0, 0.1) is 0 Å². The van der Waals surface area contributed by atoms with Gasteiger partial charge < -0.3 is 14.5 Å². The molecule has 1 aliphatic rings. The zero-order valence-corrected chi connectivity index (χ0v) is 13.5. The summed E-state index contributed by atoms with van der Waals surface area (Å²) in [4.78, 5) is 27.5. The van der Waals surface area contributed by atoms with Crippen LogP contribution in [0.3, 0.4) is 0 Å². The van der Waals surface area contributed by atoms with Gasteiger partial charge in [0.15, 0.2) is 0 Å². The lowest BCUT2D eigenvalue weighted by molar-refractivity contribution is -0.274. The summed E-state index contributed by atoms with van der Waals surface area (Å²) in [5.41, 5.74) is 0.626. The van der Waals surface area contributed by atoms with Gasteiger partial charge in [-0.15, -0.1) is 13.2 Å². The molecule has 1 saturated heterocycles. The summed E-state index contributed by atoms with van der Waals surface area (Å²) in [6.45, 7) is 4.32. The zero-order valence-electron chi connectivity index (χ0n) is 13.5. The van der Waals surface area contributed by atoms with Crippen molar-refractivity contribution in [2.45, 2.75) is 39.2 Å². The van der Waals surface area contributed by atoms with Gasteiger partial charge in [0.1, 0.15) is 11.8 Å². The molecular formula is C16H19F3N2O3. The highest BCUT2D eigenvalue weighted by Gasteiger charge is 2.36. The molecule has 24 heavy (non-hydrogen) atoms. The minimum Gasteiger partial charge on any atom is -0.406 e. The van der Waals surface area contributed by atoms with Gasteiger partial charge in [0, 0.05) is 13.1 Å². The third-order valence-electron chi connectivity index (χ3n) is 3.79. The highest BCUT2D eigenvalue weighted by molar-refractivity contribution is 5.94. The van der Waals surface area contributed by atoms with Crippen molar-refractivity contribution < 1.29 is 27.5 Å². The lowest BCUT2D eigenvalue weighted by Crippen LogP contribution is -2.58. The lowest BCUT2D eigenvalue weighted by Gasteiger charge is -2.38. The zero-order chi connectivity index (χ0) is 17.9. The molecular weight excluding hydrogens is 325 g/mol. The fourth-order valence-corrected chi connectivity index (χ4v) is 2.62. The number of carbonyl (C=O) groups excluding carboxylic acids is 2. The van der Waals surface area contributed by atoms with Crippen LogP contribution in [0.15, 0.2) is 24.3 Å². The molecule has 0 saturated carbocycles. The number of alkyl halides is 3. The number of rotatable bonds is 5. The Morgan fingerprint density at radius 3 is 2.38 bits per heavy atom. The van der Waals surface area contributed by atoms with E-state index in [1.807, 2.05) is 6.92 Å². The van der Waals surface area contributed by atoms with Gasteiger partial charge in [-0.1, -0.05) is 19.1 Å². The van der Waals surface area contributed by atoms with Crippen LogP contribution < -0.4 is 4.74 Å². The summed E-state index contributed by atoms with van der Waals surface area (Å²) in [6, 6.07) is 4.68. The number of ether oxygens (including phenoxy) is 1. The van der Waals surface area contributed by atoms with Crippen molar-refractivity contribution in [3.8, 4) is 5.75 Å². The van der Waals surface area contributed by atoms with Crippen molar-refractivity contribution in [2.24, 2.45) is 0 Å². The van der Waals surface area contributed by atoms with E-state index in [1.54, 1.807) is 6.92 Å². The molecule has 0 aliphatic carbocycles. The normalized spacial score (nSPS) is 19.0. The first-order valence-electron chi connectivity index (χ1n) is 7.64. The number of hydrogen-bond donors (Lipinski definition) is 0. The molecule has 1 aliphatic heterocycles. The Hall–Kier alpha value is -2.25.